The molecule has 92 valence electrons. The number of hydrogen-bond acceptors (Lipinski definition) is 3. The number of carbonyl (C=O) groups excluding carboxylic acids is 1. The zero-order chi connectivity index (χ0) is 12.3. The predicted octanol–water partition coefficient (Wildman–Crippen LogP) is 1.19. The lowest BCUT2D eigenvalue weighted by molar-refractivity contribution is -0.132. The molecule has 0 bridgehead atoms. The number of carbonyl (C=O) groups is 1. The molecule has 1 aliphatic heterocycles. The van der Waals surface area contributed by atoms with Gasteiger partial charge in [-0.25, -0.2) is 0 Å². The molecule has 1 N–H and O–H groups in total. The Morgan fingerprint density at radius 3 is 2.71 bits per heavy atom. The summed E-state index contributed by atoms with van der Waals surface area (Å²) in [5.74, 6) is 0.971. The smallest absolute Gasteiger partial charge is 0.220 e. The Bertz CT molecular complexity index is 389. The highest BCUT2D eigenvalue weighted by Crippen LogP contribution is 2.24. The molecule has 1 heterocycles. The summed E-state index contributed by atoms with van der Waals surface area (Å²) in [6.07, 6.45) is 0. The summed E-state index contributed by atoms with van der Waals surface area (Å²) in [5, 5.41) is 3.32. The molecule has 0 saturated carbocycles. The molecule has 1 saturated heterocycles. The zero-order valence-electron chi connectivity index (χ0n) is 10.3. The molecule has 4 nitrogen and oxygen atoms in total. The number of nitrogens with zero attached hydrogens (tertiary/aromatic N) is 1. The Labute approximate surface area is 102 Å². The molecule has 1 aromatic carbocycles. The van der Waals surface area contributed by atoms with Gasteiger partial charge in [-0.15, -0.1) is 0 Å². The van der Waals surface area contributed by atoms with Crippen molar-refractivity contribution in [1.29, 1.82) is 0 Å². The minimum absolute atomic E-state index is 0.132. The number of hydrogen-bond donors (Lipinski definition) is 1. The molecular formula is C13H18N2O2. The van der Waals surface area contributed by atoms with Crippen LogP contribution in [-0.4, -0.2) is 37.6 Å². The Morgan fingerprint density at radius 1 is 1.41 bits per heavy atom. The van der Waals surface area contributed by atoms with Gasteiger partial charge < -0.3 is 15.0 Å². The van der Waals surface area contributed by atoms with Gasteiger partial charge in [-0.1, -0.05) is 12.1 Å². The van der Waals surface area contributed by atoms with Crippen LogP contribution in [-0.2, 0) is 4.79 Å². The maximum absolute atomic E-state index is 11.6. The maximum Gasteiger partial charge on any atom is 0.220 e. The van der Waals surface area contributed by atoms with Gasteiger partial charge in [0, 0.05) is 26.6 Å². The quantitative estimate of drug-likeness (QED) is 0.835. The van der Waals surface area contributed by atoms with Crippen LogP contribution in [0.1, 0.15) is 18.5 Å². The lowest BCUT2D eigenvalue weighted by atomic mass is 10.0. The molecule has 1 atom stereocenters. The summed E-state index contributed by atoms with van der Waals surface area (Å²) in [4.78, 5) is 13.5. The third kappa shape index (κ3) is 2.58. The molecule has 0 spiro atoms. The van der Waals surface area contributed by atoms with Gasteiger partial charge >= 0.3 is 0 Å². The van der Waals surface area contributed by atoms with E-state index in [9.17, 15) is 4.79 Å². The van der Waals surface area contributed by atoms with E-state index in [1.807, 2.05) is 29.2 Å². The molecule has 0 radical (unpaired) electrons. The van der Waals surface area contributed by atoms with Gasteiger partial charge in [0.2, 0.25) is 5.91 Å². The van der Waals surface area contributed by atoms with Crippen LogP contribution in [0, 0.1) is 0 Å². The van der Waals surface area contributed by atoms with Crippen LogP contribution < -0.4 is 10.1 Å². The SMILES string of the molecule is COc1ccc([C@@H]2CNCCN2C(C)=O)cc1. The summed E-state index contributed by atoms with van der Waals surface area (Å²) in [6, 6.07) is 8.04. The fourth-order valence-electron chi connectivity index (χ4n) is 2.21. The highest BCUT2D eigenvalue weighted by atomic mass is 16.5. The monoisotopic (exact) mass is 234 g/mol. The first-order chi connectivity index (χ1) is 8.22. The second kappa shape index (κ2) is 5.19. The zero-order valence-corrected chi connectivity index (χ0v) is 10.3. The topological polar surface area (TPSA) is 41.6 Å². The minimum Gasteiger partial charge on any atom is -0.497 e. The van der Waals surface area contributed by atoms with Crippen LogP contribution in [0.4, 0.5) is 0 Å². The highest BCUT2D eigenvalue weighted by molar-refractivity contribution is 5.74. The summed E-state index contributed by atoms with van der Waals surface area (Å²) in [6.45, 7) is 4.08. The van der Waals surface area contributed by atoms with Crippen molar-refractivity contribution in [2.75, 3.05) is 26.7 Å². The van der Waals surface area contributed by atoms with Crippen LogP contribution in [0.2, 0.25) is 0 Å². The first-order valence-electron chi connectivity index (χ1n) is 5.84. The Balaban J connectivity index is 2.20. The molecule has 2 rings (SSSR count). The number of methoxy groups -OCH3 is 1. The molecule has 4 heteroatoms. The first-order valence-corrected chi connectivity index (χ1v) is 5.84. The molecule has 0 aliphatic carbocycles. The van der Waals surface area contributed by atoms with Gasteiger partial charge in [0.15, 0.2) is 0 Å². The summed E-state index contributed by atoms with van der Waals surface area (Å²) in [7, 11) is 1.65. The number of rotatable bonds is 2. The largest absolute Gasteiger partial charge is 0.497 e. The van der Waals surface area contributed by atoms with Crippen LogP contribution in [0.3, 0.4) is 0 Å². The molecule has 1 aliphatic rings. The van der Waals surface area contributed by atoms with Crippen molar-refractivity contribution < 1.29 is 9.53 Å². The molecular weight excluding hydrogens is 216 g/mol. The van der Waals surface area contributed by atoms with Gasteiger partial charge in [0.1, 0.15) is 5.75 Å². The van der Waals surface area contributed by atoms with E-state index in [1.54, 1.807) is 14.0 Å². The van der Waals surface area contributed by atoms with E-state index in [0.717, 1.165) is 30.9 Å². The van der Waals surface area contributed by atoms with Crippen molar-refractivity contribution in [2.45, 2.75) is 13.0 Å². The van der Waals surface area contributed by atoms with E-state index in [2.05, 4.69) is 5.32 Å². The second-order valence-corrected chi connectivity index (χ2v) is 4.21. The lowest BCUT2D eigenvalue weighted by Crippen LogP contribution is -2.47. The van der Waals surface area contributed by atoms with E-state index >= 15 is 0 Å². The fourth-order valence-corrected chi connectivity index (χ4v) is 2.21. The van der Waals surface area contributed by atoms with Crippen LogP contribution in [0.5, 0.6) is 5.75 Å². The van der Waals surface area contributed by atoms with E-state index in [0.29, 0.717) is 0 Å². The van der Waals surface area contributed by atoms with Gasteiger partial charge in [-0.3, -0.25) is 4.79 Å². The van der Waals surface area contributed by atoms with E-state index in [4.69, 9.17) is 4.74 Å². The van der Waals surface area contributed by atoms with Gasteiger partial charge in [0.05, 0.1) is 13.2 Å². The lowest BCUT2D eigenvalue weighted by Gasteiger charge is -2.35. The molecule has 1 fully saturated rings. The summed E-state index contributed by atoms with van der Waals surface area (Å²) >= 11 is 0. The number of piperazine rings is 1. The highest BCUT2D eigenvalue weighted by Gasteiger charge is 2.25. The van der Waals surface area contributed by atoms with E-state index in [-0.39, 0.29) is 11.9 Å². The van der Waals surface area contributed by atoms with Crippen molar-refractivity contribution in [3.63, 3.8) is 0 Å². The number of benzene rings is 1. The molecule has 17 heavy (non-hydrogen) atoms. The fraction of sp³-hybridized carbons (Fsp3) is 0.462. The average Bonchev–Trinajstić information content (AvgIpc) is 2.39. The first kappa shape index (κ1) is 11.9. The Kier molecular flexibility index (Phi) is 3.64. The van der Waals surface area contributed by atoms with Crippen LogP contribution in [0.25, 0.3) is 0 Å². The van der Waals surface area contributed by atoms with Gasteiger partial charge in [0.25, 0.3) is 0 Å². The Hall–Kier alpha value is -1.55. The van der Waals surface area contributed by atoms with Crippen molar-refractivity contribution in [1.82, 2.24) is 10.2 Å². The van der Waals surface area contributed by atoms with Crippen molar-refractivity contribution in [2.24, 2.45) is 0 Å². The molecule has 0 aromatic heterocycles. The maximum atomic E-state index is 11.6. The standard InChI is InChI=1S/C13H18N2O2/c1-10(16)15-8-7-14-9-13(15)11-3-5-12(17-2)6-4-11/h3-6,13-14H,7-9H2,1-2H3/t13-/m0/s1. The van der Waals surface area contributed by atoms with Crippen molar-refractivity contribution in [3.8, 4) is 5.75 Å². The Morgan fingerprint density at radius 2 is 2.12 bits per heavy atom. The van der Waals surface area contributed by atoms with Gasteiger partial charge in [-0.05, 0) is 17.7 Å². The number of ether oxygens (including phenoxy) is 1. The third-order valence-electron chi connectivity index (χ3n) is 3.15. The van der Waals surface area contributed by atoms with Crippen LogP contribution in [0.15, 0.2) is 24.3 Å². The third-order valence-corrected chi connectivity index (χ3v) is 3.15. The average molecular weight is 234 g/mol. The van der Waals surface area contributed by atoms with Crippen molar-refractivity contribution in [3.05, 3.63) is 29.8 Å². The second-order valence-electron chi connectivity index (χ2n) is 4.21. The number of nitrogens with one attached hydrogen (secondary N) is 1. The van der Waals surface area contributed by atoms with E-state index < -0.39 is 0 Å². The molecule has 1 aromatic rings. The molecule has 0 unspecified atom stereocenters. The predicted molar refractivity (Wildman–Crippen MR) is 66.0 cm³/mol. The molecule has 1 amide bonds. The normalized spacial score (nSPS) is 20.1. The van der Waals surface area contributed by atoms with Crippen molar-refractivity contribution >= 4 is 5.91 Å². The van der Waals surface area contributed by atoms with E-state index in [1.165, 1.54) is 0 Å². The minimum atomic E-state index is 0.132. The summed E-state index contributed by atoms with van der Waals surface area (Å²) in [5.41, 5.74) is 1.15. The number of amides is 1. The van der Waals surface area contributed by atoms with Gasteiger partial charge in [-0.2, -0.15) is 0 Å². The van der Waals surface area contributed by atoms with Crippen LogP contribution >= 0.6 is 0 Å². The summed E-state index contributed by atoms with van der Waals surface area (Å²) < 4.78 is 5.13.